The van der Waals surface area contributed by atoms with Gasteiger partial charge >= 0.3 is 6.18 Å². The second kappa shape index (κ2) is 6.28. The molecule has 1 aromatic carbocycles. The Hall–Kier alpha value is -1.18. The second-order valence-corrected chi connectivity index (χ2v) is 6.62. The van der Waals surface area contributed by atoms with Crippen LogP contribution in [-0.4, -0.2) is 35.7 Å². The molecule has 3 saturated heterocycles. The fraction of sp³-hybridized carbons (Fsp3) is 0.533. The van der Waals surface area contributed by atoms with Crippen LogP contribution in [0, 0.1) is 5.92 Å². The largest absolute Gasteiger partial charge is 0.421 e. The Labute approximate surface area is 147 Å². The highest BCUT2D eigenvalue weighted by molar-refractivity contribution is 6.32. The summed E-state index contributed by atoms with van der Waals surface area (Å²) in [7, 11) is 0. The summed E-state index contributed by atoms with van der Waals surface area (Å²) in [5.41, 5.74) is -1.28. The van der Waals surface area contributed by atoms with Crippen LogP contribution < -0.4 is 5.32 Å². The summed E-state index contributed by atoms with van der Waals surface area (Å²) in [6, 6.07) is 2.95. The van der Waals surface area contributed by atoms with E-state index in [0.29, 0.717) is 17.1 Å². The number of aromatic nitrogens is 1. The first-order valence-corrected chi connectivity index (χ1v) is 7.95. The average molecular weight is 382 g/mol. The Morgan fingerprint density at radius 3 is 2.54 bits per heavy atom. The minimum absolute atomic E-state index is 0. The van der Waals surface area contributed by atoms with Crippen LogP contribution in [0.25, 0.3) is 11.0 Å². The Bertz CT molecular complexity index is 741. The molecule has 4 heterocycles. The highest BCUT2D eigenvalue weighted by Gasteiger charge is 2.39. The molecule has 0 spiro atoms. The first kappa shape index (κ1) is 17.6. The third-order valence-corrected chi connectivity index (χ3v) is 5.17. The lowest BCUT2D eigenvalue weighted by Gasteiger charge is -2.44. The molecule has 3 aliphatic rings. The van der Waals surface area contributed by atoms with E-state index in [-0.39, 0.29) is 29.1 Å². The van der Waals surface area contributed by atoms with Crippen LogP contribution >= 0.6 is 24.0 Å². The number of nitrogens with one attached hydrogen (secondary N) is 1. The monoisotopic (exact) mass is 381 g/mol. The molecule has 1 unspecified atom stereocenters. The van der Waals surface area contributed by atoms with Gasteiger partial charge in [-0.1, -0.05) is 16.8 Å². The predicted molar refractivity (Wildman–Crippen MR) is 87.8 cm³/mol. The standard InChI is InChI=1S/C15H15ClF3N3O.ClH/c16-10-2-1-9-13(12(10)15(17,18)19)23-21-14(9)20-11-7-22-5-3-8(11)4-6-22;/h1-2,8,11H,3-7H2,(H,20,21);1H. The zero-order valence-electron chi connectivity index (χ0n) is 12.6. The van der Waals surface area contributed by atoms with Gasteiger partial charge in [0, 0.05) is 12.6 Å². The summed E-state index contributed by atoms with van der Waals surface area (Å²) < 4.78 is 44.5. The van der Waals surface area contributed by atoms with Gasteiger partial charge in [0.05, 0.1) is 10.4 Å². The van der Waals surface area contributed by atoms with Gasteiger partial charge < -0.3 is 14.7 Å². The van der Waals surface area contributed by atoms with Gasteiger partial charge in [0.1, 0.15) is 5.56 Å². The number of piperidine rings is 3. The van der Waals surface area contributed by atoms with E-state index in [2.05, 4.69) is 15.4 Å². The zero-order chi connectivity index (χ0) is 16.2. The Kier molecular flexibility index (Phi) is 4.61. The van der Waals surface area contributed by atoms with E-state index in [1.807, 2.05) is 0 Å². The van der Waals surface area contributed by atoms with Crippen LogP contribution in [0.2, 0.25) is 5.02 Å². The van der Waals surface area contributed by atoms with Crippen LogP contribution in [0.3, 0.4) is 0 Å². The van der Waals surface area contributed by atoms with E-state index in [9.17, 15) is 13.2 Å². The number of nitrogens with zero attached hydrogens (tertiary/aromatic N) is 2. The molecule has 9 heteroatoms. The van der Waals surface area contributed by atoms with Gasteiger partial charge in [-0.15, -0.1) is 12.4 Å². The summed E-state index contributed by atoms with van der Waals surface area (Å²) in [5, 5.41) is 7.04. The molecule has 0 saturated carbocycles. The molecule has 24 heavy (non-hydrogen) atoms. The SMILES string of the molecule is Cl.FC(F)(F)c1c(Cl)ccc2c(NC3CN4CCC3CC4)noc12. The summed E-state index contributed by atoms with van der Waals surface area (Å²) >= 11 is 5.71. The van der Waals surface area contributed by atoms with Gasteiger partial charge in [-0.05, 0) is 44.0 Å². The number of anilines is 1. The number of halogens is 5. The first-order valence-electron chi connectivity index (χ1n) is 7.57. The van der Waals surface area contributed by atoms with Crippen molar-refractivity contribution in [3.63, 3.8) is 0 Å². The van der Waals surface area contributed by atoms with Gasteiger partial charge in [-0.2, -0.15) is 13.2 Å². The van der Waals surface area contributed by atoms with E-state index >= 15 is 0 Å². The molecule has 3 aliphatic heterocycles. The fourth-order valence-corrected chi connectivity index (χ4v) is 3.91. The highest BCUT2D eigenvalue weighted by atomic mass is 35.5. The van der Waals surface area contributed by atoms with Crippen LogP contribution in [0.1, 0.15) is 18.4 Å². The highest BCUT2D eigenvalue weighted by Crippen LogP contribution is 2.42. The Morgan fingerprint density at radius 2 is 1.96 bits per heavy atom. The van der Waals surface area contributed by atoms with Crippen LogP contribution in [0.4, 0.5) is 19.0 Å². The molecule has 5 rings (SSSR count). The van der Waals surface area contributed by atoms with Crippen LogP contribution in [0.15, 0.2) is 16.7 Å². The van der Waals surface area contributed by atoms with E-state index in [4.69, 9.17) is 16.1 Å². The smallest absolute Gasteiger partial charge is 0.362 e. The molecule has 0 aliphatic carbocycles. The van der Waals surface area contributed by atoms with Crippen LogP contribution in [0.5, 0.6) is 0 Å². The maximum absolute atomic E-state index is 13.2. The zero-order valence-corrected chi connectivity index (χ0v) is 14.1. The van der Waals surface area contributed by atoms with Gasteiger partial charge in [-0.3, -0.25) is 0 Å². The minimum Gasteiger partial charge on any atom is -0.362 e. The maximum Gasteiger partial charge on any atom is 0.421 e. The molecule has 1 aromatic heterocycles. The number of hydrogen-bond acceptors (Lipinski definition) is 4. The molecule has 4 nitrogen and oxygen atoms in total. The van der Waals surface area contributed by atoms with Crippen molar-refractivity contribution in [2.75, 3.05) is 25.0 Å². The number of benzene rings is 1. The molecule has 3 fully saturated rings. The van der Waals surface area contributed by atoms with Crippen molar-refractivity contribution in [2.24, 2.45) is 5.92 Å². The lowest BCUT2D eigenvalue weighted by atomic mass is 9.84. The third-order valence-electron chi connectivity index (χ3n) is 4.85. The fourth-order valence-electron chi connectivity index (χ4n) is 3.65. The van der Waals surface area contributed by atoms with Gasteiger partial charge in [-0.25, -0.2) is 0 Å². The van der Waals surface area contributed by atoms with Crippen molar-refractivity contribution in [3.05, 3.63) is 22.7 Å². The Morgan fingerprint density at radius 1 is 1.25 bits per heavy atom. The topological polar surface area (TPSA) is 41.3 Å². The van der Waals surface area contributed by atoms with Crippen molar-refractivity contribution in [1.29, 1.82) is 0 Å². The van der Waals surface area contributed by atoms with E-state index in [1.165, 1.54) is 12.1 Å². The molecule has 132 valence electrons. The number of hydrogen-bond donors (Lipinski definition) is 1. The molecule has 0 radical (unpaired) electrons. The third kappa shape index (κ3) is 2.93. The van der Waals surface area contributed by atoms with E-state index in [1.54, 1.807) is 0 Å². The van der Waals surface area contributed by atoms with E-state index in [0.717, 1.165) is 32.5 Å². The molecule has 2 bridgehead atoms. The molecular weight excluding hydrogens is 366 g/mol. The van der Waals surface area contributed by atoms with E-state index < -0.39 is 11.7 Å². The molecule has 2 aromatic rings. The first-order chi connectivity index (χ1) is 10.9. The van der Waals surface area contributed by atoms with Crippen molar-refractivity contribution in [1.82, 2.24) is 10.1 Å². The van der Waals surface area contributed by atoms with Gasteiger partial charge in [0.15, 0.2) is 11.4 Å². The quantitative estimate of drug-likeness (QED) is 0.835. The summed E-state index contributed by atoms with van der Waals surface area (Å²) in [5.74, 6) is 0.891. The molecule has 0 amide bonds. The maximum atomic E-state index is 13.2. The predicted octanol–water partition coefficient (Wildman–Crippen LogP) is 4.43. The number of alkyl halides is 3. The lowest BCUT2D eigenvalue weighted by molar-refractivity contribution is -0.136. The normalized spacial score (nSPS) is 26.4. The van der Waals surface area contributed by atoms with Gasteiger partial charge in [0.25, 0.3) is 0 Å². The summed E-state index contributed by atoms with van der Waals surface area (Å²) in [6.07, 6.45) is -2.37. The summed E-state index contributed by atoms with van der Waals surface area (Å²) in [6.45, 7) is 3.07. The van der Waals surface area contributed by atoms with Gasteiger partial charge in [0.2, 0.25) is 0 Å². The summed E-state index contributed by atoms with van der Waals surface area (Å²) in [4.78, 5) is 2.36. The molecular formula is C15H16Cl2F3N3O. The molecule has 1 atom stereocenters. The second-order valence-electron chi connectivity index (χ2n) is 6.22. The molecule has 1 N–H and O–H groups in total. The Balaban J connectivity index is 0.00000169. The van der Waals surface area contributed by atoms with Crippen molar-refractivity contribution in [2.45, 2.75) is 25.1 Å². The lowest BCUT2D eigenvalue weighted by Crippen LogP contribution is -2.53. The van der Waals surface area contributed by atoms with Crippen molar-refractivity contribution in [3.8, 4) is 0 Å². The average Bonchev–Trinajstić information content (AvgIpc) is 2.89. The minimum atomic E-state index is -4.58. The van der Waals surface area contributed by atoms with Crippen LogP contribution in [-0.2, 0) is 6.18 Å². The van der Waals surface area contributed by atoms with Crippen molar-refractivity contribution >= 4 is 40.8 Å². The number of rotatable bonds is 2. The van der Waals surface area contributed by atoms with Crippen molar-refractivity contribution < 1.29 is 17.7 Å². The number of fused-ring (bicyclic) bond motifs is 4.